The van der Waals surface area contributed by atoms with Crippen molar-refractivity contribution in [2.45, 2.75) is 13.0 Å². The molecule has 0 aliphatic carbocycles. The fourth-order valence-corrected chi connectivity index (χ4v) is 2.42. The fourth-order valence-electron chi connectivity index (χ4n) is 1.96. The second kappa shape index (κ2) is 6.46. The lowest BCUT2D eigenvalue weighted by molar-refractivity contribution is -0.135. The van der Waals surface area contributed by atoms with Crippen LogP contribution in [0.1, 0.15) is 6.92 Å². The quantitative estimate of drug-likeness (QED) is 0.933. The van der Waals surface area contributed by atoms with E-state index in [1.807, 2.05) is 6.92 Å². The van der Waals surface area contributed by atoms with Crippen LogP contribution in [0.5, 0.6) is 0 Å². The van der Waals surface area contributed by atoms with Crippen molar-refractivity contribution < 1.29 is 9.53 Å². The molecule has 1 aromatic rings. The van der Waals surface area contributed by atoms with Gasteiger partial charge in [0.1, 0.15) is 6.04 Å². The van der Waals surface area contributed by atoms with E-state index in [2.05, 4.69) is 5.32 Å². The van der Waals surface area contributed by atoms with E-state index < -0.39 is 0 Å². The lowest BCUT2D eigenvalue weighted by Gasteiger charge is -2.29. The topological polar surface area (TPSA) is 41.6 Å². The molecule has 4 nitrogen and oxygen atoms in total. The number of benzene rings is 1. The molecule has 6 heteroatoms. The first-order chi connectivity index (χ1) is 9.08. The summed E-state index contributed by atoms with van der Waals surface area (Å²) in [6.45, 7) is 4.29. The monoisotopic (exact) mass is 302 g/mol. The van der Waals surface area contributed by atoms with E-state index >= 15 is 0 Å². The van der Waals surface area contributed by atoms with Gasteiger partial charge in [-0.1, -0.05) is 23.2 Å². The Morgan fingerprint density at radius 2 is 2.05 bits per heavy atom. The predicted octanol–water partition coefficient (Wildman–Crippen LogP) is 2.65. The Bertz CT molecular complexity index is 462. The largest absolute Gasteiger partial charge is 0.378 e. The van der Waals surface area contributed by atoms with Crippen LogP contribution in [0.4, 0.5) is 5.69 Å². The number of rotatable bonds is 3. The smallest absolute Gasteiger partial charge is 0.244 e. The number of hydrogen-bond donors (Lipinski definition) is 1. The summed E-state index contributed by atoms with van der Waals surface area (Å²) in [5.41, 5.74) is 0.708. The van der Waals surface area contributed by atoms with Gasteiger partial charge < -0.3 is 15.0 Å². The van der Waals surface area contributed by atoms with Crippen molar-refractivity contribution in [1.29, 1.82) is 0 Å². The number of ether oxygens (including phenoxy) is 1. The van der Waals surface area contributed by atoms with E-state index in [1.165, 1.54) is 0 Å². The Morgan fingerprint density at radius 1 is 1.37 bits per heavy atom. The van der Waals surface area contributed by atoms with Gasteiger partial charge in [-0.25, -0.2) is 0 Å². The highest BCUT2D eigenvalue weighted by Crippen LogP contribution is 2.26. The van der Waals surface area contributed by atoms with Crippen LogP contribution in [-0.2, 0) is 9.53 Å². The SMILES string of the molecule is CC(Nc1ccc(Cl)cc1Cl)C(=O)N1CCOCC1. The molecule has 0 radical (unpaired) electrons. The zero-order valence-electron chi connectivity index (χ0n) is 10.7. The highest BCUT2D eigenvalue weighted by Gasteiger charge is 2.22. The molecule has 1 N–H and O–H groups in total. The van der Waals surface area contributed by atoms with Gasteiger partial charge in [-0.15, -0.1) is 0 Å². The minimum Gasteiger partial charge on any atom is -0.378 e. The molecule has 1 fully saturated rings. The Balaban J connectivity index is 1.99. The van der Waals surface area contributed by atoms with E-state index in [4.69, 9.17) is 27.9 Å². The van der Waals surface area contributed by atoms with Crippen LogP contribution < -0.4 is 5.32 Å². The zero-order chi connectivity index (χ0) is 13.8. The number of hydrogen-bond acceptors (Lipinski definition) is 3. The molecule has 0 spiro atoms. The molecule has 104 valence electrons. The lowest BCUT2D eigenvalue weighted by Crippen LogP contribution is -2.47. The van der Waals surface area contributed by atoms with Crippen molar-refractivity contribution in [2.24, 2.45) is 0 Å². The third-order valence-corrected chi connectivity index (χ3v) is 3.54. The normalized spacial score (nSPS) is 17.1. The maximum atomic E-state index is 12.2. The molecule has 1 atom stereocenters. The molecule has 0 aromatic heterocycles. The van der Waals surface area contributed by atoms with Crippen LogP contribution in [0.2, 0.25) is 10.0 Å². The van der Waals surface area contributed by atoms with Crippen LogP contribution in [0.3, 0.4) is 0 Å². The maximum absolute atomic E-state index is 12.2. The van der Waals surface area contributed by atoms with E-state index in [-0.39, 0.29) is 11.9 Å². The highest BCUT2D eigenvalue weighted by molar-refractivity contribution is 6.36. The van der Waals surface area contributed by atoms with Crippen LogP contribution in [-0.4, -0.2) is 43.2 Å². The summed E-state index contributed by atoms with van der Waals surface area (Å²) >= 11 is 11.9. The van der Waals surface area contributed by atoms with Gasteiger partial charge >= 0.3 is 0 Å². The lowest BCUT2D eigenvalue weighted by atomic mass is 10.2. The van der Waals surface area contributed by atoms with E-state index in [0.717, 1.165) is 0 Å². The van der Waals surface area contributed by atoms with E-state index in [1.54, 1.807) is 23.1 Å². The average molecular weight is 303 g/mol. The molecule has 1 aliphatic heterocycles. The summed E-state index contributed by atoms with van der Waals surface area (Å²) in [6, 6.07) is 4.82. The van der Waals surface area contributed by atoms with Crippen molar-refractivity contribution in [3.8, 4) is 0 Å². The highest BCUT2D eigenvalue weighted by atomic mass is 35.5. The average Bonchev–Trinajstić information content (AvgIpc) is 2.42. The van der Waals surface area contributed by atoms with Crippen LogP contribution in [0, 0.1) is 0 Å². The van der Waals surface area contributed by atoms with Crippen molar-refractivity contribution in [1.82, 2.24) is 4.90 Å². The zero-order valence-corrected chi connectivity index (χ0v) is 12.2. The first kappa shape index (κ1) is 14.4. The number of amides is 1. The summed E-state index contributed by atoms with van der Waals surface area (Å²) in [5.74, 6) is 0.0503. The van der Waals surface area contributed by atoms with Crippen LogP contribution in [0.25, 0.3) is 0 Å². The summed E-state index contributed by atoms with van der Waals surface area (Å²) in [4.78, 5) is 14.0. The summed E-state index contributed by atoms with van der Waals surface area (Å²) in [5, 5.41) is 4.19. The van der Waals surface area contributed by atoms with Crippen molar-refractivity contribution in [3.05, 3.63) is 28.2 Å². The number of morpholine rings is 1. The number of carbonyl (C=O) groups excluding carboxylic acids is 1. The van der Waals surface area contributed by atoms with Gasteiger partial charge in [-0.2, -0.15) is 0 Å². The number of anilines is 1. The first-order valence-electron chi connectivity index (χ1n) is 6.16. The molecule has 19 heavy (non-hydrogen) atoms. The number of halogens is 2. The fraction of sp³-hybridized carbons (Fsp3) is 0.462. The van der Waals surface area contributed by atoms with Crippen LogP contribution >= 0.6 is 23.2 Å². The predicted molar refractivity (Wildman–Crippen MR) is 76.9 cm³/mol. The third kappa shape index (κ3) is 3.75. The van der Waals surface area contributed by atoms with E-state index in [9.17, 15) is 4.79 Å². The first-order valence-corrected chi connectivity index (χ1v) is 6.91. The van der Waals surface area contributed by atoms with Gasteiger partial charge in [-0.05, 0) is 25.1 Å². The molecular formula is C13H16Cl2N2O2. The molecule has 1 heterocycles. The Labute approximate surface area is 122 Å². The van der Waals surface area contributed by atoms with Crippen molar-refractivity contribution in [2.75, 3.05) is 31.6 Å². The Hall–Kier alpha value is -0.970. The summed E-state index contributed by atoms with van der Waals surface area (Å²) < 4.78 is 5.23. The number of nitrogens with one attached hydrogen (secondary N) is 1. The third-order valence-electron chi connectivity index (χ3n) is 3.00. The molecule has 0 saturated carbocycles. The molecule has 1 aromatic carbocycles. The number of nitrogens with zero attached hydrogens (tertiary/aromatic N) is 1. The van der Waals surface area contributed by atoms with Gasteiger partial charge in [0.15, 0.2) is 0 Å². The minimum atomic E-state index is -0.336. The Morgan fingerprint density at radius 3 is 2.68 bits per heavy atom. The van der Waals surface area contributed by atoms with Gasteiger partial charge in [0.05, 0.1) is 23.9 Å². The van der Waals surface area contributed by atoms with Gasteiger partial charge in [0, 0.05) is 18.1 Å². The van der Waals surface area contributed by atoms with Gasteiger partial charge in [0.25, 0.3) is 0 Å². The summed E-state index contributed by atoms with van der Waals surface area (Å²) in [7, 11) is 0. The Kier molecular flexibility index (Phi) is 4.91. The molecule has 0 bridgehead atoms. The van der Waals surface area contributed by atoms with E-state index in [0.29, 0.717) is 42.0 Å². The molecule has 2 rings (SSSR count). The second-order valence-electron chi connectivity index (χ2n) is 4.43. The molecular weight excluding hydrogens is 287 g/mol. The number of carbonyl (C=O) groups is 1. The molecule has 1 saturated heterocycles. The van der Waals surface area contributed by atoms with Gasteiger partial charge in [-0.3, -0.25) is 4.79 Å². The molecule has 1 unspecified atom stereocenters. The molecule has 1 amide bonds. The van der Waals surface area contributed by atoms with Crippen molar-refractivity contribution >= 4 is 34.8 Å². The summed E-state index contributed by atoms with van der Waals surface area (Å²) in [6.07, 6.45) is 0. The second-order valence-corrected chi connectivity index (χ2v) is 5.27. The maximum Gasteiger partial charge on any atom is 0.244 e. The standard InChI is InChI=1S/C13H16Cl2N2O2/c1-9(13(18)17-4-6-19-7-5-17)16-12-3-2-10(14)8-11(12)15/h2-3,8-9,16H,4-7H2,1H3. The van der Waals surface area contributed by atoms with Crippen LogP contribution in [0.15, 0.2) is 18.2 Å². The minimum absolute atomic E-state index is 0.0503. The van der Waals surface area contributed by atoms with Crippen molar-refractivity contribution in [3.63, 3.8) is 0 Å². The molecule has 1 aliphatic rings. The van der Waals surface area contributed by atoms with Gasteiger partial charge in [0.2, 0.25) is 5.91 Å².